The number of benzene rings is 1. The molecule has 0 unspecified atom stereocenters. The molecule has 2 aliphatic rings. The molecule has 4 nitrogen and oxygen atoms in total. The Morgan fingerprint density at radius 2 is 1.86 bits per heavy atom. The van der Waals surface area contributed by atoms with Crippen molar-refractivity contribution in [3.63, 3.8) is 0 Å². The second-order valence-corrected chi connectivity index (χ2v) is 6.14. The van der Waals surface area contributed by atoms with E-state index in [1.54, 1.807) is 0 Å². The van der Waals surface area contributed by atoms with E-state index in [9.17, 15) is 9.90 Å². The van der Waals surface area contributed by atoms with Crippen molar-refractivity contribution >= 4 is 5.97 Å². The van der Waals surface area contributed by atoms with Crippen molar-refractivity contribution in [1.29, 1.82) is 0 Å². The summed E-state index contributed by atoms with van der Waals surface area (Å²) in [6.07, 6.45) is 3.58. The molecule has 3 rings (SSSR count). The van der Waals surface area contributed by atoms with Gasteiger partial charge in [-0.2, -0.15) is 0 Å². The molecule has 0 atom stereocenters. The van der Waals surface area contributed by atoms with E-state index >= 15 is 0 Å². The predicted molar refractivity (Wildman–Crippen MR) is 80.6 cm³/mol. The normalized spacial score (nSPS) is 21.7. The zero-order valence-electron chi connectivity index (χ0n) is 12.4. The quantitative estimate of drug-likeness (QED) is 0.901. The largest absolute Gasteiger partial charge is 0.481 e. The summed E-state index contributed by atoms with van der Waals surface area (Å²) in [5.41, 5.74) is 1.64. The third-order valence-corrected chi connectivity index (χ3v) is 4.94. The van der Waals surface area contributed by atoms with Crippen LogP contribution in [0, 0.1) is 0 Å². The number of hydrogen-bond acceptors (Lipinski definition) is 3. The number of morpholine rings is 1. The molecular weight excluding hydrogens is 266 g/mol. The smallest absolute Gasteiger partial charge is 0.314 e. The molecule has 2 fully saturated rings. The summed E-state index contributed by atoms with van der Waals surface area (Å²) in [7, 11) is 0. The molecule has 114 valence electrons. The van der Waals surface area contributed by atoms with E-state index in [1.165, 1.54) is 5.56 Å². The fraction of sp³-hybridized carbons (Fsp3) is 0.588. The molecule has 0 amide bonds. The van der Waals surface area contributed by atoms with E-state index in [0.29, 0.717) is 0 Å². The first-order chi connectivity index (χ1) is 10.2. The molecule has 1 heterocycles. The van der Waals surface area contributed by atoms with Gasteiger partial charge >= 0.3 is 5.97 Å². The fourth-order valence-electron chi connectivity index (χ4n) is 3.26. The van der Waals surface area contributed by atoms with Crippen LogP contribution in [0.15, 0.2) is 24.3 Å². The van der Waals surface area contributed by atoms with Gasteiger partial charge in [-0.1, -0.05) is 30.7 Å². The van der Waals surface area contributed by atoms with Gasteiger partial charge in [0.25, 0.3) is 0 Å². The lowest BCUT2D eigenvalue weighted by molar-refractivity contribution is -0.147. The van der Waals surface area contributed by atoms with E-state index in [2.05, 4.69) is 17.0 Å². The van der Waals surface area contributed by atoms with Crippen LogP contribution in [0.1, 0.15) is 30.4 Å². The molecule has 1 saturated carbocycles. The van der Waals surface area contributed by atoms with Gasteiger partial charge < -0.3 is 9.84 Å². The highest BCUT2D eigenvalue weighted by molar-refractivity contribution is 5.82. The monoisotopic (exact) mass is 289 g/mol. The van der Waals surface area contributed by atoms with Crippen molar-refractivity contribution in [2.24, 2.45) is 0 Å². The SMILES string of the molecule is O=C(O)C1(c2ccc(CCN3CCOCC3)cc2)CCC1. The number of aliphatic carboxylic acids is 1. The average molecular weight is 289 g/mol. The summed E-state index contributed by atoms with van der Waals surface area (Å²) in [6.45, 7) is 4.74. The minimum atomic E-state index is -0.671. The maximum Gasteiger partial charge on any atom is 0.314 e. The Morgan fingerprint density at radius 1 is 1.19 bits per heavy atom. The van der Waals surface area contributed by atoms with Gasteiger partial charge in [0.1, 0.15) is 0 Å². The summed E-state index contributed by atoms with van der Waals surface area (Å²) in [6, 6.07) is 8.22. The molecule has 0 bridgehead atoms. The van der Waals surface area contributed by atoms with Crippen LogP contribution < -0.4 is 0 Å². The van der Waals surface area contributed by atoms with Crippen molar-refractivity contribution in [3.05, 3.63) is 35.4 Å². The highest BCUT2D eigenvalue weighted by Gasteiger charge is 2.45. The first-order valence-electron chi connectivity index (χ1n) is 7.84. The van der Waals surface area contributed by atoms with Crippen LogP contribution >= 0.6 is 0 Å². The zero-order chi connectivity index (χ0) is 14.7. The van der Waals surface area contributed by atoms with E-state index in [-0.39, 0.29) is 0 Å². The lowest BCUT2D eigenvalue weighted by Gasteiger charge is -2.38. The number of nitrogens with zero attached hydrogens (tertiary/aromatic N) is 1. The number of carboxylic acids is 1. The first-order valence-corrected chi connectivity index (χ1v) is 7.84. The van der Waals surface area contributed by atoms with Crippen molar-refractivity contribution in [3.8, 4) is 0 Å². The molecule has 0 spiro atoms. The molecule has 1 aliphatic heterocycles. The first kappa shape index (κ1) is 14.5. The Kier molecular flexibility index (Phi) is 4.27. The van der Waals surface area contributed by atoms with Crippen molar-refractivity contribution in [1.82, 2.24) is 4.90 Å². The number of hydrogen-bond donors (Lipinski definition) is 1. The molecule has 1 aliphatic carbocycles. The summed E-state index contributed by atoms with van der Waals surface area (Å²) in [5, 5.41) is 9.46. The predicted octanol–water partition coefficient (Wildman–Crippen LogP) is 2.07. The van der Waals surface area contributed by atoms with Crippen LogP contribution in [0.2, 0.25) is 0 Å². The Balaban J connectivity index is 1.60. The topological polar surface area (TPSA) is 49.8 Å². The Labute approximate surface area is 125 Å². The molecule has 1 aromatic carbocycles. The Morgan fingerprint density at radius 3 is 2.38 bits per heavy atom. The van der Waals surface area contributed by atoms with Crippen LogP contribution in [-0.4, -0.2) is 48.8 Å². The Hall–Kier alpha value is -1.39. The van der Waals surface area contributed by atoms with Gasteiger partial charge in [-0.05, 0) is 30.4 Å². The van der Waals surface area contributed by atoms with Crippen molar-refractivity contribution in [2.75, 3.05) is 32.8 Å². The van der Waals surface area contributed by atoms with Gasteiger partial charge in [-0.15, -0.1) is 0 Å². The highest BCUT2D eigenvalue weighted by atomic mass is 16.5. The minimum absolute atomic E-state index is 0.608. The average Bonchev–Trinajstić information content (AvgIpc) is 2.46. The number of carbonyl (C=O) groups is 1. The molecule has 0 radical (unpaired) electrons. The van der Waals surface area contributed by atoms with Crippen LogP contribution in [0.3, 0.4) is 0 Å². The molecular formula is C17H23NO3. The van der Waals surface area contributed by atoms with Gasteiger partial charge in [0.05, 0.1) is 18.6 Å². The van der Waals surface area contributed by atoms with Gasteiger partial charge in [-0.3, -0.25) is 9.69 Å². The molecule has 1 aromatic rings. The molecule has 1 saturated heterocycles. The molecule has 1 N–H and O–H groups in total. The van der Waals surface area contributed by atoms with Crippen molar-refractivity contribution in [2.45, 2.75) is 31.1 Å². The summed E-state index contributed by atoms with van der Waals surface area (Å²) >= 11 is 0. The van der Waals surface area contributed by atoms with Crippen molar-refractivity contribution < 1.29 is 14.6 Å². The second kappa shape index (κ2) is 6.16. The summed E-state index contributed by atoms with van der Waals surface area (Å²) < 4.78 is 5.35. The number of carboxylic acid groups (broad SMARTS) is 1. The second-order valence-electron chi connectivity index (χ2n) is 6.14. The van der Waals surface area contributed by atoms with Crippen LogP contribution in [0.4, 0.5) is 0 Å². The lowest BCUT2D eigenvalue weighted by Crippen LogP contribution is -2.42. The maximum atomic E-state index is 11.5. The fourth-order valence-corrected chi connectivity index (χ4v) is 3.26. The minimum Gasteiger partial charge on any atom is -0.481 e. The lowest BCUT2D eigenvalue weighted by atomic mass is 9.64. The standard InChI is InChI=1S/C17H23NO3/c19-16(20)17(7-1-8-17)15-4-2-14(3-5-15)6-9-18-10-12-21-13-11-18/h2-5H,1,6-13H2,(H,19,20). The van der Waals surface area contributed by atoms with Gasteiger partial charge in [0.15, 0.2) is 0 Å². The molecule has 0 aromatic heterocycles. The van der Waals surface area contributed by atoms with Crippen LogP contribution in [0.25, 0.3) is 0 Å². The van der Waals surface area contributed by atoms with E-state index in [1.807, 2.05) is 12.1 Å². The zero-order valence-corrected chi connectivity index (χ0v) is 12.4. The third-order valence-electron chi connectivity index (χ3n) is 4.94. The number of rotatable bonds is 5. The van der Waals surface area contributed by atoms with Gasteiger partial charge in [0, 0.05) is 19.6 Å². The summed E-state index contributed by atoms with van der Waals surface area (Å²) in [5.74, 6) is -0.671. The third kappa shape index (κ3) is 2.97. The molecule has 21 heavy (non-hydrogen) atoms. The van der Waals surface area contributed by atoms with Crippen LogP contribution in [0.5, 0.6) is 0 Å². The van der Waals surface area contributed by atoms with Crippen LogP contribution in [-0.2, 0) is 21.4 Å². The maximum absolute atomic E-state index is 11.5. The highest BCUT2D eigenvalue weighted by Crippen LogP contribution is 2.43. The Bertz CT molecular complexity index is 487. The summed E-state index contributed by atoms with van der Waals surface area (Å²) in [4.78, 5) is 13.9. The van der Waals surface area contributed by atoms with E-state index < -0.39 is 11.4 Å². The molecule has 4 heteroatoms. The number of ether oxygens (including phenoxy) is 1. The van der Waals surface area contributed by atoms with E-state index in [4.69, 9.17) is 4.74 Å². The van der Waals surface area contributed by atoms with E-state index in [0.717, 1.165) is 64.1 Å². The van der Waals surface area contributed by atoms with Gasteiger partial charge in [0.2, 0.25) is 0 Å². The van der Waals surface area contributed by atoms with Gasteiger partial charge in [-0.25, -0.2) is 0 Å².